The molecule has 2 fully saturated rings. The Bertz CT molecular complexity index is 1380. The molecular formula is C33H47FN4O10. The van der Waals surface area contributed by atoms with Crippen LogP contribution in [0.5, 0.6) is 0 Å². The standard InChI is InChI=1S/C33H47FN4O10/c1-19(39)25(36-31(45)48-32(4,5)6)28(42)37-15-9-13-24(37)27(41)38-16-10-14-33(38,18-22-11-8-12-23(34)17-22)30(44)35-26(29(43)46-7)20(2)47-21(3)40/h8,11-12,17,19-20,24-26,39H,9-10,13-16,18H2,1-7H3,(H,35,44)(H,36,45)/t19-,20-,24+,25+,26?,33?/m1/s1. The average Bonchev–Trinajstić information content (AvgIpc) is 3.64. The van der Waals surface area contributed by atoms with Gasteiger partial charge < -0.3 is 39.8 Å². The van der Waals surface area contributed by atoms with E-state index in [1.807, 2.05) is 0 Å². The molecular weight excluding hydrogens is 631 g/mol. The number of nitrogens with one attached hydrogen (secondary N) is 2. The molecule has 15 heteroatoms. The van der Waals surface area contributed by atoms with Gasteiger partial charge in [-0.15, -0.1) is 0 Å². The molecule has 0 aromatic heterocycles. The van der Waals surface area contributed by atoms with E-state index in [1.54, 1.807) is 26.8 Å². The first kappa shape index (κ1) is 38.2. The minimum atomic E-state index is -1.64. The number of methoxy groups -OCH3 is 1. The summed E-state index contributed by atoms with van der Waals surface area (Å²) in [5.41, 5.74) is -2.10. The predicted molar refractivity (Wildman–Crippen MR) is 169 cm³/mol. The van der Waals surface area contributed by atoms with Crippen LogP contribution in [0.3, 0.4) is 0 Å². The van der Waals surface area contributed by atoms with E-state index in [9.17, 15) is 38.3 Å². The lowest BCUT2D eigenvalue weighted by Gasteiger charge is -2.41. The lowest BCUT2D eigenvalue weighted by atomic mass is 9.86. The molecule has 3 N–H and O–H groups in total. The van der Waals surface area contributed by atoms with Crippen LogP contribution >= 0.6 is 0 Å². The Morgan fingerprint density at radius 3 is 2.33 bits per heavy atom. The van der Waals surface area contributed by atoms with Gasteiger partial charge >= 0.3 is 18.0 Å². The maximum atomic E-state index is 14.4. The van der Waals surface area contributed by atoms with Crippen molar-refractivity contribution in [3.05, 3.63) is 35.6 Å². The smallest absolute Gasteiger partial charge is 0.408 e. The van der Waals surface area contributed by atoms with Crippen molar-refractivity contribution >= 4 is 35.8 Å². The zero-order chi connectivity index (χ0) is 36.0. The zero-order valence-electron chi connectivity index (χ0n) is 28.5. The molecule has 0 radical (unpaired) electrons. The number of aliphatic hydroxyl groups excluding tert-OH is 1. The summed E-state index contributed by atoms with van der Waals surface area (Å²) in [6.45, 7) is 9.08. The summed E-state index contributed by atoms with van der Waals surface area (Å²) in [7, 11) is 1.11. The Hall–Kier alpha value is -4.27. The first-order valence-electron chi connectivity index (χ1n) is 16.0. The molecule has 2 saturated heterocycles. The van der Waals surface area contributed by atoms with Crippen LogP contribution in [0.2, 0.25) is 0 Å². The molecule has 0 bridgehead atoms. The number of hydrogen-bond acceptors (Lipinski definition) is 10. The number of carbonyl (C=O) groups is 6. The molecule has 2 aliphatic rings. The van der Waals surface area contributed by atoms with Crippen molar-refractivity contribution in [3.63, 3.8) is 0 Å². The Morgan fingerprint density at radius 2 is 1.75 bits per heavy atom. The van der Waals surface area contributed by atoms with Gasteiger partial charge in [0.2, 0.25) is 17.7 Å². The van der Waals surface area contributed by atoms with Crippen molar-refractivity contribution in [2.75, 3.05) is 20.2 Å². The van der Waals surface area contributed by atoms with Crippen LogP contribution in [0, 0.1) is 5.82 Å². The highest BCUT2D eigenvalue weighted by molar-refractivity contribution is 5.98. The molecule has 0 spiro atoms. The molecule has 266 valence electrons. The predicted octanol–water partition coefficient (Wildman–Crippen LogP) is 1.60. The Labute approximate surface area is 279 Å². The largest absolute Gasteiger partial charge is 0.467 e. The van der Waals surface area contributed by atoms with E-state index in [-0.39, 0.29) is 32.4 Å². The van der Waals surface area contributed by atoms with Gasteiger partial charge in [-0.3, -0.25) is 19.2 Å². The maximum Gasteiger partial charge on any atom is 0.408 e. The highest BCUT2D eigenvalue weighted by Crippen LogP contribution is 2.36. The Balaban J connectivity index is 1.98. The summed E-state index contributed by atoms with van der Waals surface area (Å²) in [4.78, 5) is 82.1. The number of carbonyl (C=O) groups excluding carboxylic acids is 6. The monoisotopic (exact) mass is 678 g/mol. The van der Waals surface area contributed by atoms with Crippen molar-refractivity contribution in [2.45, 2.75) is 115 Å². The highest BCUT2D eigenvalue weighted by atomic mass is 19.1. The number of amides is 4. The fraction of sp³-hybridized carbons (Fsp3) is 0.636. The molecule has 2 aliphatic heterocycles. The number of rotatable bonds is 11. The molecule has 4 amide bonds. The van der Waals surface area contributed by atoms with Crippen LogP contribution < -0.4 is 10.6 Å². The second kappa shape index (κ2) is 15.8. The molecule has 48 heavy (non-hydrogen) atoms. The van der Waals surface area contributed by atoms with Crippen LogP contribution in [0.4, 0.5) is 9.18 Å². The maximum absolute atomic E-state index is 14.4. The molecule has 14 nitrogen and oxygen atoms in total. The molecule has 0 aliphatic carbocycles. The van der Waals surface area contributed by atoms with Gasteiger partial charge in [0, 0.05) is 26.4 Å². The number of hydrogen-bond donors (Lipinski definition) is 3. The molecule has 0 saturated carbocycles. The minimum absolute atomic E-state index is 0.110. The van der Waals surface area contributed by atoms with Gasteiger partial charge in [0.25, 0.3) is 0 Å². The highest BCUT2D eigenvalue weighted by Gasteiger charge is 2.53. The number of nitrogens with zero attached hydrogens (tertiary/aromatic N) is 2. The third kappa shape index (κ3) is 9.20. The van der Waals surface area contributed by atoms with Gasteiger partial charge in [-0.25, -0.2) is 14.0 Å². The quantitative estimate of drug-likeness (QED) is 0.230. The van der Waals surface area contributed by atoms with Gasteiger partial charge in [0.1, 0.15) is 35.1 Å². The van der Waals surface area contributed by atoms with Crippen molar-refractivity contribution < 1.29 is 52.5 Å². The van der Waals surface area contributed by atoms with E-state index in [2.05, 4.69) is 10.6 Å². The summed E-state index contributed by atoms with van der Waals surface area (Å²) in [6, 6.07) is 1.68. The molecule has 1 aromatic carbocycles. The van der Waals surface area contributed by atoms with Crippen molar-refractivity contribution in [1.82, 2.24) is 20.4 Å². The summed E-state index contributed by atoms with van der Waals surface area (Å²) in [5.74, 6) is -4.15. The summed E-state index contributed by atoms with van der Waals surface area (Å²) < 4.78 is 29.6. The first-order valence-corrected chi connectivity index (χ1v) is 16.0. The van der Waals surface area contributed by atoms with E-state index < -0.39 is 83.0 Å². The van der Waals surface area contributed by atoms with E-state index in [1.165, 1.54) is 41.8 Å². The second-order valence-corrected chi connectivity index (χ2v) is 13.3. The Kier molecular flexibility index (Phi) is 12.5. The zero-order valence-corrected chi connectivity index (χ0v) is 28.5. The van der Waals surface area contributed by atoms with Gasteiger partial charge in [-0.05, 0) is 78.0 Å². The lowest BCUT2D eigenvalue weighted by Crippen LogP contribution is -2.65. The van der Waals surface area contributed by atoms with Crippen molar-refractivity contribution in [2.24, 2.45) is 0 Å². The average molecular weight is 679 g/mol. The summed E-state index contributed by atoms with van der Waals surface area (Å²) >= 11 is 0. The number of halogens is 1. The topological polar surface area (TPSA) is 181 Å². The third-order valence-corrected chi connectivity index (χ3v) is 8.37. The number of esters is 2. The fourth-order valence-electron chi connectivity index (χ4n) is 6.25. The van der Waals surface area contributed by atoms with Crippen LogP contribution in [-0.2, 0) is 44.6 Å². The molecule has 6 atom stereocenters. The molecule has 1 aromatic rings. The van der Waals surface area contributed by atoms with Gasteiger partial charge in [0.15, 0.2) is 6.04 Å². The number of benzene rings is 1. The van der Waals surface area contributed by atoms with E-state index in [0.717, 1.165) is 14.0 Å². The number of alkyl carbamates (subject to hydrolysis) is 1. The second-order valence-electron chi connectivity index (χ2n) is 13.3. The minimum Gasteiger partial charge on any atom is -0.467 e. The van der Waals surface area contributed by atoms with Crippen LogP contribution in [0.15, 0.2) is 24.3 Å². The normalized spacial score (nSPS) is 21.8. The molecule has 2 unspecified atom stereocenters. The SMILES string of the molecule is COC(=O)C(NC(=O)C1(Cc2cccc(F)c2)CCCN1C(=O)[C@@H]1CCCN1C(=O)[C@@H](NC(=O)OC(C)(C)C)[C@@H](C)O)[C@@H](C)OC(C)=O. The van der Waals surface area contributed by atoms with Crippen molar-refractivity contribution in [1.29, 1.82) is 0 Å². The summed E-state index contributed by atoms with van der Waals surface area (Å²) in [5, 5.41) is 15.5. The van der Waals surface area contributed by atoms with Crippen molar-refractivity contribution in [3.8, 4) is 0 Å². The van der Waals surface area contributed by atoms with Crippen LogP contribution in [-0.4, -0.2) is 112 Å². The first-order chi connectivity index (χ1) is 22.4. The fourth-order valence-corrected chi connectivity index (χ4v) is 6.25. The molecule has 3 rings (SSSR count). The third-order valence-electron chi connectivity index (χ3n) is 8.37. The van der Waals surface area contributed by atoms with Gasteiger partial charge in [-0.2, -0.15) is 0 Å². The van der Waals surface area contributed by atoms with Gasteiger partial charge in [-0.1, -0.05) is 12.1 Å². The summed E-state index contributed by atoms with van der Waals surface area (Å²) in [6.07, 6.45) is -2.34. The lowest BCUT2D eigenvalue weighted by molar-refractivity contribution is -0.159. The van der Waals surface area contributed by atoms with E-state index in [0.29, 0.717) is 18.4 Å². The van der Waals surface area contributed by atoms with Crippen LogP contribution in [0.25, 0.3) is 0 Å². The number of aliphatic hydroxyl groups is 1. The molecule has 2 heterocycles. The van der Waals surface area contributed by atoms with E-state index >= 15 is 0 Å². The Morgan fingerprint density at radius 1 is 1.06 bits per heavy atom. The van der Waals surface area contributed by atoms with Gasteiger partial charge in [0.05, 0.1) is 13.2 Å². The number of likely N-dealkylation sites (tertiary alicyclic amines) is 2. The number of ether oxygens (including phenoxy) is 3. The van der Waals surface area contributed by atoms with E-state index in [4.69, 9.17) is 14.2 Å². The van der Waals surface area contributed by atoms with Crippen LogP contribution in [0.1, 0.15) is 72.8 Å².